The monoisotopic (exact) mass is 1170 g/mol. The fraction of sp³-hybridized carbons (Fsp3) is 0.985. The van der Waals surface area contributed by atoms with E-state index in [4.69, 9.17) is 18.9 Å². The van der Waals surface area contributed by atoms with Crippen LogP contribution in [0.15, 0.2) is 0 Å². The van der Waals surface area contributed by atoms with Crippen LogP contribution in [0.1, 0.15) is 335 Å². The summed E-state index contributed by atoms with van der Waals surface area (Å²) < 4.78 is 22.9. The summed E-state index contributed by atoms with van der Waals surface area (Å²) in [7, 11) is 0. The lowest BCUT2D eigenvalue weighted by Gasteiger charge is -2.46. The summed E-state index contributed by atoms with van der Waals surface area (Å²) in [6.45, 7) is 2.93. The van der Waals surface area contributed by atoms with Crippen molar-refractivity contribution in [3.63, 3.8) is 0 Å². The molecule has 0 aromatic carbocycles. The normalized spacial score (nSPS) is 23.8. The molecule has 2 heterocycles. The molecule has 2 rings (SSSR count). The van der Waals surface area contributed by atoms with Gasteiger partial charge in [-0.1, -0.05) is 316 Å². The van der Waals surface area contributed by atoms with Crippen LogP contribution in [0, 0.1) is 0 Å². The SMILES string of the molecule is CCCCCCCCCCCCCCCCCCCCCCCCCCCCCCCC(O)C(COC1OC(CO)C(OC2OC(CO)C(O)C(O)C2O)C(O)C1O)NC(=O)CCCCCCCCCCCCCCCCCCCCC. The second-order valence-corrected chi connectivity index (χ2v) is 25.4. The zero-order valence-electron chi connectivity index (χ0n) is 53.0. The first-order valence-electron chi connectivity index (χ1n) is 35.3. The van der Waals surface area contributed by atoms with Crippen molar-refractivity contribution in [2.24, 2.45) is 0 Å². The van der Waals surface area contributed by atoms with E-state index in [0.717, 1.165) is 51.4 Å². The third kappa shape index (κ3) is 38.3. The van der Waals surface area contributed by atoms with Crippen molar-refractivity contribution in [1.29, 1.82) is 0 Å². The van der Waals surface area contributed by atoms with Crippen LogP contribution in [-0.2, 0) is 23.7 Å². The molecule has 82 heavy (non-hydrogen) atoms. The molecule has 0 aliphatic carbocycles. The number of hydrogen-bond acceptors (Lipinski definition) is 13. The van der Waals surface area contributed by atoms with E-state index in [-0.39, 0.29) is 12.5 Å². The van der Waals surface area contributed by atoms with Crippen LogP contribution in [0.2, 0.25) is 0 Å². The van der Waals surface area contributed by atoms with Gasteiger partial charge < -0.3 is 65.1 Å². The predicted molar refractivity (Wildman–Crippen MR) is 332 cm³/mol. The minimum atomic E-state index is -1.78. The Morgan fingerprint density at radius 2 is 0.695 bits per heavy atom. The Balaban J connectivity index is 1.65. The first-order valence-corrected chi connectivity index (χ1v) is 35.3. The average Bonchev–Trinajstić information content (AvgIpc) is 3.67. The van der Waals surface area contributed by atoms with Crippen molar-refractivity contribution < 1.29 is 64.6 Å². The Morgan fingerprint density at radius 3 is 1.04 bits per heavy atom. The number of rotatable bonds is 59. The third-order valence-corrected chi connectivity index (χ3v) is 17.8. The number of nitrogens with one attached hydrogen (secondary N) is 1. The minimum absolute atomic E-state index is 0.198. The Kier molecular flexibility index (Phi) is 50.9. The van der Waals surface area contributed by atoms with E-state index >= 15 is 0 Å². The summed E-state index contributed by atoms with van der Waals surface area (Å²) in [5.74, 6) is -0.198. The topological polar surface area (TPSA) is 228 Å². The van der Waals surface area contributed by atoms with Crippen LogP contribution < -0.4 is 5.32 Å². The number of carbonyl (C=O) groups is 1. The second-order valence-electron chi connectivity index (χ2n) is 25.4. The number of aliphatic hydroxyl groups is 8. The van der Waals surface area contributed by atoms with E-state index in [9.17, 15) is 45.6 Å². The van der Waals surface area contributed by atoms with Crippen molar-refractivity contribution in [3.05, 3.63) is 0 Å². The molecule has 2 aliphatic rings. The quantitative estimate of drug-likeness (QED) is 0.0259. The minimum Gasteiger partial charge on any atom is -0.394 e. The molecule has 0 radical (unpaired) electrons. The Bertz CT molecular complexity index is 1380. The molecule has 9 N–H and O–H groups in total. The number of carbonyl (C=O) groups excluding carboxylic acids is 1. The van der Waals surface area contributed by atoms with Crippen LogP contribution in [-0.4, -0.2) is 140 Å². The van der Waals surface area contributed by atoms with Crippen LogP contribution in [0.3, 0.4) is 0 Å². The number of unbranched alkanes of at least 4 members (excludes halogenated alkanes) is 46. The summed E-state index contributed by atoms with van der Waals surface area (Å²) in [4.78, 5) is 13.3. The predicted octanol–water partition coefficient (Wildman–Crippen LogP) is 14.0. The Morgan fingerprint density at radius 1 is 0.390 bits per heavy atom. The van der Waals surface area contributed by atoms with Gasteiger partial charge in [0, 0.05) is 6.42 Å². The van der Waals surface area contributed by atoms with E-state index in [1.165, 1.54) is 257 Å². The summed E-state index contributed by atoms with van der Waals surface area (Å²) in [5, 5.41) is 87.6. The van der Waals surface area contributed by atoms with Crippen molar-refractivity contribution in [2.75, 3.05) is 19.8 Å². The molecule has 2 aliphatic heterocycles. The van der Waals surface area contributed by atoms with Crippen molar-refractivity contribution in [1.82, 2.24) is 5.32 Å². The Hall–Kier alpha value is -1.01. The highest BCUT2D eigenvalue weighted by Gasteiger charge is 2.51. The molecule has 14 heteroatoms. The number of aliphatic hydroxyl groups excluding tert-OH is 8. The fourth-order valence-electron chi connectivity index (χ4n) is 12.2. The molecule has 0 bridgehead atoms. The van der Waals surface area contributed by atoms with Gasteiger partial charge in [0.25, 0.3) is 0 Å². The van der Waals surface area contributed by atoms with Gasteiger partial charge in [-0.05, 0) is 12.8 Å². The highest BCUT2D eigenvalue weighted by molar-refractivity contribution is 5.76. The standard InChI is InChI=1S/C68H133NO13/c1-3-5-7-9-11-13-15-17-19-21-23-24-25-26-27-28-29-30-31-32-34-35-37-39-41-43-45-47-49-51-57(72)56(69-60(73)52-50-48-46-44-42-40-38-36-33-22-20-18-16-14-12-10-8-6-4-2)55-79-67-65(78)63(76)66(59(54-71)81-67)82-68-64(77)62(75)61(74)58(53-70)80-68/h56-59,61-68,70-72,74-78H,3-55H2,1-2H3,(H,69,73). The van der Waals surface area contributed by atoms with Gasteiger partial charge in [-0.3, -0.25) is 4.79 Å². The van der Waals surface area contributed by atoms with E-state index < -0.39 is 86.8 Å². The zero-order chi connectivity index (χ0) is 59.5. The van der Waals surface area contributed by atoms with Crippen LogP contribution >= 0.6 is 0 Å². The molecular formula is C68H133NO13. The van der Waals surface area contributed by atoms with Gasteiger partial charge in [-0.15, -0.1) is 0 Å². The maximum absolute atomic E-state index is 13.3. The molecule has 0 aromatic rings. The molecule has 0 spiro atoms. The van der Waals surface area contributed by atoms with E-state index in [0.29, 0.717) is 12.8 Å². The van der Waals surface area contributed by atoms with Crippen molar-refractivity contribution in [3.8, 4) is 0 Å². The van der Waals surface area contributed by atoms with Crippen LogP contribution in [0.4, 0.5) is 0 Å². The third-order valence-electron chi connectivity index (χ3n) is 17.8. The highest BCUT2D eigenvalue weighted by Crippen LogP contribution is 2.30. The Labute approximate surface area is 502 Å². The lowest BCUT2D eigenvalue weighted by Crippen LogP contribution is -2.65. The fourth-order valence-corrected chi connectivity index (χ4v) is 12.2. The molecule has 14 nitrogen and oxygen atoms in total. The molecule has 12 unspecified atom stereocenters. The molecule has 12 atom stereocenters. The summed E-state index contributed by atoms with van der Waals surface area (Å²) in [5.41, 5.74) is 0. The van der Waals surface area contributed by atoms with E-state index in [1.54, 1.807) is 0 Å². The van der Waals surface area contributed by atoms with Gasteiger partial charge in [0.1, 0.15) is 48.8 Å². The maximum Gasteiger partial charge on any atom is 0.220 e. The van der Waals surface area contributed by atoms with E-state index in [2.05, 4.69) is 19.2 Å². The molecule has 1 amide bonds. The van der Waals surface area contributed by atoms with Crippen LogP contribution in [0.5, 0.6) is 0 Å². The molecular weight excluding hydrogens is 1040 g/mol. The van der Waals surface area contributed by atoms with Gasteiger partial charge in [-0.2, -0.15) is 0 Å². The van der Waals surface area contributed by atoms with Gasteiger partial charge in [0.05, 0.1) is 32.0 Å². The van der Waals surface area contributed by atoms with Gasteiger partial charge in [0.15, 0.2) is 12.6 Å². The van der Waals surface area contributed by atoms with Crippen molar-refractivity contribution >= 4 is 5.91 Å². The van der Waals surface area contributed by atoms with Gasteiger partial charge in [-0.25, -0.2) is 0 Å². The molecule has 0 aromatic heterocycles. The molecule has 0 saturated carbocycles. The summed E-state index contributed by atoms with van der Waals surface area (Å²) in [6, 6.07) is -0.824. The number of amides is 1. The lowest BCUT2D eigenvalue weighted by molar-refractivity contribution is -0.359. The average molecular weight is 1170 g/mol. The van der Waals surface area contributed by atoms with Gasteiger partial charge in [0.2, 0.25) is 5.91 Å². The van der Waals surface area contributed by atoms with Gasteiger partial charge >= 0.3 is 0 Å². The highest BCUT2D eigenvalue weighted by atomic mass is 16.7. The summed E-state index contributed by atoms with van der Waals surface area (Å²) >= 11 is 0. The smallest absolute Gasteiger partial charge is 0.220 e. The zero-order valence-corrected chi connectivity index (χ0v) is 53.0. The first-order chi connectivity index (χ1) is 40.1. The molecule has 2 saturated heterocycles. The summed E-state index contributed by atoms with van der Waals surface area (Å²) in [6.07, 6.45) is 46.9. The van der Waals surface area contributed by atoms with Crippen molar-refractivity contribution in [2.45, 2.75) is 408 Å². The van der Waals surface area contributed by atoms with Crippen LogP contribution in [0.25, 0.3) is 0 Å². The number of hydrogen-bond donors (Lipinski definition) is 9. The number of ether oxygens (including phenoxy) is 4. The molecule has 488 valence electrons. The molecule has 2 fully saturated rings. The lowest BCUT2D eigenvalue weighted by atomic mass is 9.97. The van der Waals surface area contributed by atoms with E-state index in [1.807, 2.05) is 0 Å². The second kappa shape index (κ2) is 54.2. The largest absolute Gasteiger partial charge is 0.394 e. The first kappa shape index (κ1) is 77.1. The maximum atomic E-state index is 13.3.